The number of piperidine rings is 1. The first kappa shape index (κ1) is 8.72. The van der Waals surface area contributed by atoms with Crippen LogP contribution in [0.4, 0.5) is 0 Å². The van der Waals surface area contributed by atoms with Crippen molar-refractivity contribution >= 4 is 0 Å². The number of aliphatic hydroxyl groups is 1. The minimum absolute atomic E-state index is 0.159. The Morgan fingerprint density at radius 2 is 2.62 bits per heavy atom. The lowest BCUT2D eigenvalue weighted by Gasteiger charge is -2.29. The predicted molar refractivity (Wildman–Crippen MR) is 47.0 cm³/mol. The molecule has 0 saturated carbocycles. The maximum Gasteiger partial charge on any atom is 0.128 e. The van der Waals surface area contributed by atoms with Gasteiger partial charge < -0.3 is 9.63 Å². The van der Waals surface area contributed by atoms with Gasteiger partial charge in [0, 0.05) is 18.7 Å². The molecule has 1 unspecified atom stereocenters. The van der Waals surface area contributed by atoms with Crippen LogP contribution < -0.4 is 0 Å². The van der Waals surface area contributed by atoms with E-state index in [2.05, 4.69) is 10.1 Å². The van der Waals surface area contributed by atoms with Crippen LogP contribution in [0.5, 0.6) is 0 Å². The van der Waals surface area contributed by atoms with Gasteiger partial charge in [0.2, 0.25) is 0 Å². The number of hydrogen-bond acceptors (Lipinski definition) is 4. The molecule has 0 aromatic carbocycles. The molecule has 1 fully saturated rings. The molecule has 2 rings (SSSR count). The molecular formula is C9H14N2O2. The zero-order valence-corrected chi connectivity index (χ0v) is 7.52. The van der Waals surface area contributed by atoms with E-state index in [9.17, 15) is 5.11 Å². The van der Waals surface area contributed by atoms with Gasteiger partial charge in [-0.25, -0.2) is 0 Å². The smallest absolute Gasteiger partial charge is 0.128 e. The van der Waals surface area contributed by atoms with E-state index in [1.54, 1.807) is 12.5 Å². The van der Waals surface area contributed by atoms with Crippen molar-refractivity contribution < 1.29 is 9.63 Å². The van der Waals surface area contributed by atoms with Gasteiger partial charge in [0.05, 0.1) is 12.3 Å². The van der Waals surface area contributed by atoms with Crippen molar-refractivity contribution in [2.45, 2.75) is 25.5 Å². The molecule has 1 atom stereocenters. The lowest BCUT2D eigenvalue weighted by atomic mass is 10.1. The molecule has 1 aliphatic rings. The maximum atomic E-state index is 9.43. The minimum atomic E-state index is -0.159. The largest absolute Gasteiger partial charge is 0.392 e. The van der Waals surface area contributed by atoms with Crippen LogP contribution in [0.1, 0.15) is 18.4 Å². The standard InChI is InChI=1S/C9H14N2O2/c12-9-2-1-3-11(6-9)5-8-4-10-13-7-8/h4,7,9,12H,1-3,5-6H2. The van der Waals surface area contributed by atoms with Crippen molar-refractivity contribution in [2.75, 3.05) is 13.1 Å². The highest BCUT2D eigenvalue weighted by atomic mass is 16.5. The Hall–Kier alpha value is -0.870. The zero-order chi connectivity index (χ0) is 9.10. The molecule has 13 heavy (non-hydrogen) atoms. The minimum Gasteiger partial charge on any atom is -0.392 e. The average molecular weight is 182 g/mol. The summed E-state index contributed by atoms with van der Waals surface area (Å²) in [5.41, 5.74) is 1.08. The average Bonchev–Trinajstić information content (AvgIpc) is 2.57. The second-order valence-corrected chi connectivity index (χ2v) is 3.56. The molecule has 0 aliphatic carbocycles. The Bertz CT molecular complexity index is 248. The van der Waals surface area contributed by atoms with Gasteiger partial charge in [-0.3, -0.25) is 4.90 Å². The number of aromatic nitrogens is 1. The predicted octanol–water partition coefficient (Wildman–Crippen LogP) is 0.631. The summed E-state index contributed by atoms with van der Waals surface area (Å²) in [5, 5.41) is 13.1. The normalized spacial score (nSPS) is 24.8. The first-order valence-electron chi connectivity index (χ1n) is 4.63. The quantitative estimate of drug-likeness (QED) is 0.729. The fourth-order valence-corrected chi connectivity index (χ4v) is 1.74. The molecule has 0 radical (unpaired) electrons. The summed E-state index contributed by atoms with van der Waals surface area (Å²) < 4.78 is 4.74. The van der Waals surface area contributed by atoms with Crippen molar-refractivity contribution in [3.63, 3.8) is 0 Å². The first-order valence-corrected chi connectivity index (χ1v) is 4.63. The Morgan fingerprint density at radius 3 is 3.31 bits per heavy atom. The SMILES string of the molecule is OC1CCCN(Cc2cnoc2)C1. The van der Waals surface area contributed by atoms with E-state index in [1.807, 2.05) is 0 Å². The van der Waals surface area contributed by atoms with E-state index in [4.69, 9.17) is 4.52 Å². The summed E-state index contributed by atoms with van der Waals surface area (Å²) in [5.74, 6) is 0. The Kier molecular flexibility index (Phi) is 2.61. The van der Waals surface area contributed by atoms with Gasteiger partial charge in [0.1, 0.15) is 6.26 Å². The van der Waals surface area contributed by atoms with Crippen LogP contribution in [-0.4, -0.2) is 34.4 Å². The Labute approximate surface area is 77.1 Å². The molecule has 1 saturated heterocycles. The van der Waals surface area contributed by atoms with E-state index < -0.39 is 0 Å². The topological polar surface area (TPSA) is 49.5 Å². The molecule has 1 aromatic rings. The van der Waals surface area contributed by atoms with Gasteiger partial charge in [-0.2, -0.15) is 0 Å². The highest BCUT2D eigenvalue weighted by molar-refractivity contribution is 5.00. The van der Waals surface area contributed by atoms with Gasteiger partial charge in [-0.1, -0.05) is 5.16 Å². The third-order valence-electron chi connectivity index (χ3n) is 2.37. The van der Waals surface area contributed by atoms with E-state index in [0.29, 0.717) is 0 Å². The highest BCUT2D eigenvalue weighted by Crippen LogP contribution is 2.12. The van der Waals surface area contributed by atoms with Crippen molar-refractivity contribution in [1.82, 2.24) is 10.1 Å². The number of β-amino-alcohol motifs (C(OH)–C–C–N with tert-alkyl or cyclic N) is 1. The fraction of sp³-hybridized carbons (Fsp3) is 0.667. The van der Waals surface area contributed by atoms with Crippen LogP contribution in [0.3, 0.4) is 0 Å². The summed E-state index contributed by atoms with van der Waals surface area (Å²) in [6.07, 6.45) is 5.22. The third-order valence-corrected chi connectivity index (χ3v) is 2.37. The number of aliphatic hydroxyl groups excluding tert-OH is 1. The fourth-order valence-electron chi connectivity index (χ4n) is 1.74. The second kappa shape index (κ2) is 3.89. The zero-order valence-electron chi connectivity index (χ0n) is 7.52. The first-order chi connectivity index (χ1) is 6.34. The van der Waals surface area contributed by atoms with Crippen LogP contribution in [0.15, 0.2) is 17.0 Å². The molecule has 72 valence electrons. The van der Waals surface area contributed by atoms with Gasteiger partial charge in [-0.05, 0) is 19.4 Å². The van der Waals surface area contributed by atoms with Gasteiger partial charge >= 0.3 is 0 Å². The number of hydrogen-bond donors (Lipinski definition) is 1. The molecular weight excluding hydrogens is 168 g/mol. The molecule has 4 heteroatoms. The number of nitrogens with zero attached hydrogens (tertiary/aromatic N) is 2. The summed E-state index contributed by atoms with van der Waals surface area (Å²) in [7, 11) is 0. The molecule has 0 spiro atoms. The maximum absolute atomic E-state index is 9.43. The molecule has 1 N–H and O–H groups in total. The van der Waals surface area contributed by atoms with Crippen LogP contribution in [0.25, 0.3) is 0 Å². The lowest BCUT2D eigenvalue weighted by Crippen LogP contribution is -2.37. The van der Waals surface area contributed by atoms with Crippen LogP contribution in [0.2, 0.25) is 0 Å². The van der Waals surface area contributed by atoms with Gasteiger partial charge in [0.25, 0.3) is 0 Å². The third kappa shape index (κ3) is 2.29. The number of likely N-dealkylation sites (tertiary alicyclic amines) is 1. The molecule has 0 bridgehead atoms. The summed E-state index contributed by atoms with van der Waals surface area (Å²) in [4.78, 5) is 2.22. The molecule has 2 heterocycles. The Morgan fingerprint density at radius 1 is 1.69 bits per heavy atom. The van der Waals surface area contributed by atoms with Crippen molar-refractivity contribution in [3.8, 4) is 0 Å². The van der Waals surface area contributed by atoms with E-state index in [1.165, 1.54) is 0 Å². The lowest BCUT2D eigenvalue weighted by molar-refractivity contribution is 0.0667. The van der Waals surface area contributed by atoms with Gasteiger partial charge in [-0.15, -0.1) is 0 Å². The van der Waals surface area contributed by atoms with Crippen molar-refractivity contribution in [2.24, 2.45) is 0 Å². The van der Waals surface area contributed by atoms with E-state index >= 15 is 0 Å². The summed E-state index contributed by atoms with van der Waals surface area (Å²) in [6, 6.07) is 0. The highest BCUT2D eigenvalue weighted by Gasteiger charge is 2.17. The number of rotatable bonds is 2. The second-order valence-electron chi connectivity index (χ2n) is 3.56. The van der Waals surface area contributed by atoms with E-state index in [-0.39, 0.29) is 6.10 Å². The van der Waals surface area contributed by atoms with E-state index in [0.717, 1.165) is 38.0 Å². The van der Waals surface area contributed by atoms with Gasteiger partial charge in [0.15, 0.2) is 0 Å². The molecule has 1 aromatic heterocycles. The molecule has 1 aliphatic heterocycles. The summed E-state index contributed by atoms with van der Waals surface area (Å²) >= 11 is 0. The Balaban J connectivity index is 1.87. The van der Waals surface area contributed by atoms with Crippen molar-refractivity contribution in [1.29, 1.82) is 0 Å². The summed E-state index contributed by atoms with van der Waals surface area (Å²) in [6.45, 7) is 2.66. The monoisotopic (exact) mass is 182 g/mol. The van der Waals surface area contributed by atoms with Crippen molar-refractivity contribution in [3.05, 3.63) is 18.0 Å². The van der Waals surface area contributed by atoms with Crippen LogP contribution >= 0.6 is 0 Å². The van der Waals surface area contributed by atoms with Crippen LogP contribution in [0, 0.1) is 0 Å². The molecule has 0 amide bonds. The van der Waals surface area contributed by atoms with Crippen LogP contribution in [-0.2, 0) is 6.54 Å². The molecule has 4 nitrogen and oxygen atoms in total.